The zero-order valence-electron chi connectivity index (χ0n) is 9.11. The van der Waals surface area contributed by atoms with Gasteiger partial charge in [0.2, 0.25) is 6.39 Å². The third kappa shape index (κ3) is 2.71. The second-order valence-electron chi connectivity index (χ2n) is 3.47. The van der Waals surface area contributed by atoms with E-state index < -0.39 is 0 Å². The van der Waals surface area contributed by atoms with Crippen LogP contribution in [0.1, 0.15) is 21.7 Å². The van der Waals surface area contributed by atoms with Crippen LogP contribution in [0, 0.1) is 6.92 Å². The van der Waals surface area contributed by atoms with Crippen LogP contribution in [0.2, 0.25) is 0 Å². The highest BCUT2D eigenvalue weighted by Crippen LogP contribution is 2.20. The molecule has 0 atom stereocenters. The summed E-state index contributed by atoms with van der Waals surface area (Å²) >= 11 is 3.39. The summed E-state index contributed by atoms with van der Waals surface area (Å²) in [5.74, 6) is 0.271. The average Bonchev–Trinajstić information content (AvgIpc) is 2.82. The molecule has 2 rings (SSSR count). The van der Waals surface area contributed by atoms with Crippen LogP contribution in [0.3, 0.4) is 0 Å². The van der Waals surface area contributed by atoms with Gasteiger partial charge in [0.25, 0.3) is 5.91 Å². The number of aromatic nitrogens is 2. The first kappa shape index (κ1) is 11.8. The van der Waals surface area contributed by atoms with Crippen molar-refractivity contribution >= 4 is 21.8 Å². The van der Waals surface area contributed by atoms with Crippen LogP contribution in [0.25, 0.3) is 0 Å². The molecule has 0 radical (unpaired) electrons. The minimum Gasteiger partial charge on any atom is -0.345 e. The molecule has 0 fully saturated rings. The minimum absolute atomic E-state index is 0.176. The van der Waals surface area contributed by atoms with Crippen LogP contribution >= 0.6 is 15.9 Å². The number of hydrogen-bond acceptors (Lipinski definition) is 4. The number of benzene rings is 1. The van der Waals surface area contributed by atoms with E-state index in [0.717, 1.165) is 10.0 Å². The smallest absolute Gasteiger partial charge is 0.252 e. The van der Waals surface area contributed by atoms with Crippen LogP contribution in [0.4, 0.5) is 0 Å². The summed E-state index contributed by atoms with van der Waals surface area (Å²) in [5.41, 5.74) is 1.60. The zero-order chi connectivity index (χ0) is 12.3. The molecule has 1 aromatic carbocycles. The number of amides is 1. The van der Waals surface area contributed by atoms with E-state index in [2.05, 4.69) is 35.9 Å². The molecule has 5 nitrogen and oxygen atoms in total. The summed E-state index contributed by atoms with van der Waals surface area (Å²) in [4.78, 5) is 15.7. The van der Waals surface area contributed by atoms with E-state index in [1.807, 2.05) is 19.1 Å². The van der Waals surface area contributed by atoms with Crippen molar-refractivity contribution in [1.82, 2.24) is 15.5 Å². The van der Waals surface area contributed by atoms with Crippen molar-refractivity contribution in [2.75, 3.05) is 0 Å². The molecular weight excluding hydrogens is 286 g/mol. The third-order valence-electron chi connectivity index (χ3n) is 2.25. The van der Waals surface area contributed by atoms with E-state index >= 15 is 0 Å². The maximum atomic E-state index is 11.9. The van der Waals surface area contributed by atoms with Crippen LogP contribution in [0.5, 0.6) is 0 Å². The summed E-state index contributed by atoms with van der Waals surface area (Å²) in [7, 11) is 0. The van der Waals surface area contributed by atoms with E-state index in [9.17, 15) is 4.79 Å². The molecule has 0 saturated carbocycles. The van der Waals surface area contributed by atoms with Gasteiger partial charge in [-0.25, -0.2) is 0 Å². The van der Waals surface area contributed by atoms with E-state index in [4.69, 9.17) is 0 Å². The zero-order valence-corrected chi connectivity index (χ0v) is 10.7. The minimum atomic E-state index is -0.176. The Hall–Kier alpha value is -1.69. The van der Waals surface area contributed by atoms with E-state index in [1.54, 1.807) is 6.07 Å². The van der Waals surface area contributed by atoms with E-state index in [-0.39, 0.29) is 12.5 Å². The molecule has 88 valence electrons. The number of rotatable bonds is 3. The summed E-state index contributed by atoms with van der Waals surface area (Å²) in [6, 6.07) is 5.52. The number of carbonyl (C=O) groups is 1. The fourth-order valence-electron chi connectivity index (χ4n) is 1.35. The van der Waals surface area contributed by atoms with Gasteiger partial charge < -0.3 is 9.84 Å². The highest BCUT2D eigenvalue weighted by molar-refractivity contribution is 9.10. The number of aryl methyl sites for hydroxylation is 1. The van der Waals surface area contributed by atoms with Gasteiger partial charge in [0, 0.05) is 4.47 Å². The van der Waals surface area contributed by atoms with Crippen molar-refractivity contribution in [1.29, 1.82) is 0 Å². The Bertz CT molecular complexity index is 526. The summed E-state index contributed by atoms with van der Waals surface area (Å²) in [6.07, 6.45) is 1.23. The monoisotopic (exact) mass is 295 g/mol. The van der Waals surface area contributed by atoms with Gasteiger partial charge >= 0.3 is 0 Å². The molecule has 0 spiro atoms. The van der Waals surface area contributed by atoms with Crippen LogP contribution in [0.15, 0.2) is 33.6 Å². The number of halogens is 1. The Morgan fingerprint density at radius 3 is 3.06 bits per heavy atom. The molecular formula is C11H10BrN3O2. The lowest BCUT2D eigenvalue weighted by molar-refractivity contribution is 0.0949. The van der Waals surface area contributed by atoms with Crippen LogP contribution < -0.4 is 5.32 Å². The highest BCUT2D eigenvalue weighted by Gasteiger charge is 2.11. The standard InChI is InChI=1S/C11H10BrN3O2/c1-7-3-2-4-8(10(7)12)11(16)13-5-9-14-6-17-15-9/h2-4,6H,5H2,1H3,(H,13,16). The molecule has 1 N–H and O–H groups in total. The molecule has 1 heterocycles. The van der Waals surface area contributed by atoms with Crippen LogP contribution in [-0.2, 0) is 6.54 Å². The number of nitrogens with zero attached hydrogens (tertiary/aromatic N) is 2. The molecule has 0 aliphatic heterocycles. The molecule has 0 bridgehead atoms. The lowest BCUT2D eigenvalue weighted by Gasteiger charge is -2.06. The predicted octanol–water partition coefficient (Wildman–Crippen LogP) is 2.07. The summed E-state index contributed by atoms with van der Waals surface area (Å²) in [6.45, 7) is 2.18. The number of hydrogen-bond donors (Lipinski definition) is 1. The molecule has 17 heavy (non-hydrogen) atoms. The molecule has 0 saturated heterocycles. The van der Waals surface area contributed by atoms with Gasteiger partial charge in [0.1, 0.15) is 0 Å². The van der Waals surface area contributed by atoms with Gasteiger partial charge in [-0.1, -0.05) is 17.3 Å². The first-order valence-corrected chi connectivity index (χ1v) is 5.76. The SMILES string of the molecule is Cc1cccc(C(=O)NCc2ncon2)c1Br. The van der Waals surface area contributed by atoms with Crippen molar-refractivity contribution in [3.63, 3.8) is 0 Å². The lowest BCUT2D eigenvalue weighted by atomic mass is 10.1. The normalized spacial score (nSPS) is 10.2. The largest absolute Gasteiger partial charge is 0.345 e. The summed E-state index contributed by atoms with van der Waals surface area (Å²) < 4.78 is 5.37. The van der Waals surface area contributed by atoms with Gasteiger partial charge in [0.15, 0.2) is 5.82 Å². The Morgan fingerprint density at radius 2 is 2.35 bits per heavy atom. The fraction of sp³-hybridized carbons (Fsp3) is 0.182. The van der Waals surface area contributed by atoms with Crippen molar-refractivity contribution in [2.45, 2.75) is 13.5 Å². The Kier molecular flexibility index (Phi) is 3.53. The first-order chi connectivity index (χ1) is 8.18. The fourth-order valence-corrected chi connectivity index (χ4v) is 1.79. The molecule has 0 unspecified atom stereocenters. The molecule has 0 aliphatic rings. The van der Waals surface area contributed by atoms with Gasteiger partial charge in [0.05, 0.1) is 12.1 Å². The van der Waals surface area contributed by atoms with Crippen molar-refractivity contribution in [3.8, 4) is 0 Å². The van der Waals surface area contributed by atoms with Gasteiger partial charge in [-0.15, -0.1) is 0 Å². The average molecular weight is 296 g/mol. The van der Waals surface area contributed by atoms with E-state index in [0.29, 0.717) is 11.4 Å². The first-order valence-electron chi connectivity index (χ1n) is 4.97. The van der Waals surface area contributed by atoms with Gasteiger partial charge in [-0.3, -0.25) is 4.79 Å². The Labute approximate surface area is 106 Å². The van der Waals surface area contributed by atoms with Crippen molar-refractivity contribution < 1.29 is 9.32 Å². The maximum Gasteiger partial charge on any atom is 0.252 e. The summed E-state index contributed by atoms with van der Waals surface area (Å²) in [5, 5.41) is 6.32. The topological polar surface area (TPSA) is 68.0 Å². The van der Waals surface area contributed by atoms with Crippen molar-refractivity contribution in [3.05, 3.63) is 46.0 Å². The third-order valence-corrected chi connectivity index (χ3v) is 3.30. The van der Waals surface area contributed by atoms with Gasteiger partial charge in [-0.2, -0.15) is 4.98 Å². The van der Waals surface area contributed by atoms with Crippen molar-refractivity contribution in [2.24, 2.45) is 0 Å². The molecule has 0 aliphatic carbocycles. The Balaban J connectivity index is 2.07. The second-order valence-corrected chi connectivity index (χ2v) is 4.26. The second kappa shape index (κ2) is 5.09. The van der Waals surface area contributed by atoms with Gasteiger partial charge in [-0.05, 0) is 34.5 Å². The number of carbonyl (C=O) groups excluding carboxylic acids is 1. The quantitative estimate of drug-likeness (QED) is 0.941. The molecule has 6 heteroatoms. The Morgan fingerprint density at radius 1 is 1.53 bits per heavy atom. The maximum absolute atomic E-state index is 11.9. The lowest BCUT2D eigenvalue weighted by Crippen LogP contribution is -2.23. The number of nitrogens with one attached hydrogen (secondary N) is 1. The predicted molar refractivity (Wildman–Crippen MR) is 64.3 cm³/mol. The molecule has 1 aromatic heterocycles. The van der Waals surface area contributed by atoms with Crippen LogP contribution in [-0.4, -0.2) is 16.0 Å². The van der Waals surface area contributed by atoms with E-state index in [1.165, 1.54) is 6.39 Å². The molecule has 2 aromatic rings. The highest BCUT2D eigenvalue weighted by atomic mass is 79.9. The molecule has 1 amide bonds.